The van der Waals surface area contributed by atoms with Gasteiger partial charge in [0.05, 0.1) is 5.92 Å². The molecule has 1 aromatic carbocycles. The summed E-state index contributed by atoms with van der Waals surface area (Å²) in [6.07, 6.45) is 4.32. The molecule has 1 N–H and O–H groups in total. The summed E-state index contributed by atoms with van der Waals surface area (Å²) >= 11 is 0. The summed E-state index contributed by atoms with van der Waals surface area (Å²) in [5.74, 6) is -0.224. The Labute approximate surface area is 148 Å². The summed E-state index contributed by atoms with van der Waals surface area (Å²) in [6.45, 7) is 5.78. The number of nitrogens with zero attached hydrogens (tertiary/aromatic N) is 1. The molecule has 0 radical (unpaired) electrons. The van der Waals surface area contributed by atoms with Gasteiger partial charge in [-0.05, 0) is 62.8 Å². The highest BCUT2D eigenvalue weighted by molar-refractivity contribution is 5.94. The van der Waals surface area contributed by atoms with Crippen LogP contribution in [0.3, 0.4) is 0 Å². The standard InChI is InChI=1S/C20H25NO4/c1-14(2)6-11-25-16-5-3-4-15(12-16)18(22)21-9-7-20(8-10-21)13-17(20)19(23)24/h3-6,12,17H,7-11,13H2,1-2H3,(H,23,24). The lowest BCUT2D eigenvalue weighted by molar-refractivity contribution is -0.139. The number of piperidine rings is 1. The van der Waals surface area contributed by atoms with Gasteiger partial charge < -0.3 is 14.7 Å². The Balaban J connectivity index is 1.59. The zero-order valence-corrected chi connectivity index (χ0v) is 14.8. The van der Waals surface area contributed by atoms with Crippen LogP contribution in [0.4, 0.5) is 0 Å². The number of hydrogen-bond donors (Lipinski definition) is 1. The molecule has 3 rings (SSSR count). The van der Waals surface area contributed by atoms with Crippen molar-refractivity contribution in [2.45, 2.75) is 33.1 Å². The van der Waals surface area contributed by atoms with Gasteiger partial charge >= 0.3 is 5.97 Å². The number of amides is 1. The molecule has 1 unspecified atom stereocenters. The topological polar surface area (TPSA) is 66.8 Å². The largest absolute Gasteiger partial charge is 0.490 e. The first-order valence-corrected chi connectivity index (χ1v) is 8.80. The number of carboxylic acid groups (broad SMARTS) is 1. The first-order chi connectivity index (χ1) is 11.9. The van der Waals surface area contributed by atoms with E-state index in [4.69, 9.17) is 9.84 Å². The second kappa shape index (κ2) is 6.90. The second-order valence-electron chi connectivity index (χ2n) is 7.37. The van der Waals surface area contributed by atoms with E-state index in [2.05, 4.69) is 0 Å². The predicted octanol–water partition coefficient (Wildman–Crippen LogP) is 3.36. The van der Waals surface area contributed by atoms with E-state index in [9.17, 15) is 9.59 Å². The number of ether oxygens (including phenoxy) is 1. The molecule has 1 aliphatic carbocycles. The SMILES string of the molecule is CC(C)=CCOc1cccc(C(=O)N2CCC3(CC2)CC3C(=O)O)c1. The molecule has 1 spiro atoms. The monoisotopic (exact) mass is 343 g/mol. The lowest BCUT2D eigenvalue weighted by atomic mass is 9.90. The third kappa shape index (κ3) is 3.86. The van der Waals surface area contributed by atoms with Crippen molar-refractivity contribution >= 4 is 11.9 Å². The number of carbonyl (C=O) groups excluding carboxylic acids is 1. The molecule has 1 atom stereocenters. The van der Waals surface area contributed by atoms with Crippen LogP contribution in [0.1, 0.15) is 43.5 Å². The Morgan fingerprint density at radius 3 is 2.64 bits per heavy atom. The Hall–Kier alpha value is -2.30. The number of carbonyl (C=O) groups is 2. The summed E-state index contributed by atoms with van der Waals surface area (Å²) < 4.78 is 5.67. The Kier molecular flexibility index (Phi) is 4.84. The fraction of sp³-hybridized carbons (Fsp3) is 0.500. The Morgan fingerprint density at radius 2 is 2.04 bits per heavy atom. The number of hydrogen-bond acceptors (Lipinski definition) is 3. The van der Waals surface area contributed by atoms with Crippen molar-refractivity contribution in [1.82, 2.24) is 4.90 Å². The van der Waals surface area contributed by atoms with Gasteiger partial charge in [0.1, 0.15) is 12.4 Å². The van der Waals surface area contributed by atoms with Gasteiger partial charge in [0.2, 0.25) is 0 Å². The molecule has 0 aromatic heterocycles. The number of benzene rings is 1. The molecule has 1 aliphatic heterocycles. The molecule has 25 heavy (non-hydrogen) atoms. The maximum atomic E-state index is 12.7. The van der Waals surface area contributed by atoms with Crippen molar-refractivity contribution in [2.24, 2.45) is 11.3 Å². The molecule has 1 heterocycles. The van der Waals surface area contributed by atoms with Crippen LogP contribution in [0.15, 0.2) is 35.9 Å². The zero-order chi connectivity index (χ0) is 18.0. The normalized spacial score (nSPS) is 20.9. The van der Waals surface area contributed by atoms with E-state index in [0.717, 1.165) is 19.3 Å². The minimum Gasteiger partial charge on any atom is -0.490 e. The molecule has 1 aromatic rings. The Bertz CT molecular complexity index is 697. The predicted molar refractivity (Wildman–Crippen MR) is 94.7 cm³/mol. The van der Waals surface area contributed by atoms with Gasteiger partial charge in [0.15, 0.2) is 0 Å². The summed E-state index contributed by atoms with van der Waals surface area (Å²) in [7, 11) is 0. The van der Waals surface area contributed by atoms with Crippen LogP contribution in [0.25, 0.3) is 0 Å². The number of likely N-dealkylation sites (tertiary alicyclic amines) is 1. The molecular formula is C20H25NO4. The van der Waals surface area contributed by atoms with Crippen LogP contribution in [-0.2, 0) is 4.79 Å². The van der Waals surface area contributed by atoms with Crippen molar-refractivity contribution < 1.29 is 19.4 Å². The summed E-state index contributed by atoms with van der Waals surface area (Å²) in [4.78, 5) is 25.7. The van der Waals surface area contributed by atoms with E-state index in [1.54, 1.807) is 12.1 Å². The minimum absolute atomic E-state index is 0.00459. The fourth-order valence-corrected chi connectivity index (χ4v) is 3.61. The van der Waals surface area contributed by atoms with Gasteiger partial charge in [0.25, 0.3) is 5.91 Å². The van der Waals surface area contributed by atoms with Crippen LogP contribution in [-0.4, -0.2) is 41.6 Å². The van der Waals surface area contributed by atoms with Crippen molar-refractivity contribution in [2.75, 3.05) is 19.7 Å². The molecule has 2 fully saturated rings. The van der Waals surface area contributed by atoms with Crippen molar-refractivity contribution in [3.8, 4) is 5.75 Å². The van der Waals surface area contributed by atoms with Crippen LogP contribution in [0.2, 0.25) is 0 Å². The lowest BCUT2D eigenvalue weighted by Gasteiger charge is -2.32. The molecule has 1 saturated heterocycles. The maximum Gasteiger partial charge on any atom is 0.307 e. The van der Waals surface area contributed by atoms with Crippen LogP contribution in [0.5, 0.6) is 5.75 Å². The molecule has 2 aliphatic rings. The van der Waals surface area contributed by atoms with Crippen molar-refractivity contribution in [1.29, 1.82) is 0 Å². The van der Waals surface area contributed by atoms with Gasteiger partial charge in [-0.1, -0.05) is 11.6 Å². The highest BCUT2D eigenvalue weighted by Gasteiger charge is 2.59. The number of rotatable bonds is 5. The van der Waals surface area contributed by atoms with E-state index in [0.29, 0.717) is 31.0 Å². The van der Waals surface area contributed by atoms with Crippen molar-refractivity contribution in [3.05, 3.63) is 41.5 Å². The molecule has 5 nitrogen and oxygen atoms in total. The van der Waals surface area contributed by atoms with E-state index < -0.39 is 5.97 Å². The maximum absolute atomic E-state index is 12.7. The second-order valence-corrected chi connectivity index (χ2v) is 7.37. The lowest BCUT2D eigenvalue weighted by Crippen LogP contribution is -2.40. The first-order valence-electron chi connectivity index (χ1n) is 8.80. The van der Waals surface area contributed by atoms with Crippen molar-refractivity contribution in [3.63, 3.8) is 0 Å². The molecular weight excluding hydrogens is 318 g/mol. The fourth-order valence-electron chi connectivity index (χ4n) is 3.61. The highest BCUT2D eigenvalue weighted by atomic mass is 16.5. The first kappa shape index (κ1) is 17.5. The third-order valence-electron chi connectivity index (χ3n) is 5.36. The molecule has 134 valence electrons. The highest BCUT2D eigenvalue weighted by Crippen LogP contribution is 2.59. The van der Waals surface area contributed by atoms with E-state index in [1.165, 1.54) is 5.57 Å². The minimum atomic E-state index is -0.694. The van der Waals surface area contributed by atoms with E-state index >= 15 is 0 Å². The molecule has 5 heteroatoms. The van der Waals surface area contributed by atoms with E-state index in [1.807, 2.05) is 37.0 Å². The van der Waals surface area contributed by atoms with E-state index in [-0.39, 0.29) is 17.2 Å². The van der Waals surface area contributed by atoms with Gasteiger partial charge in [-0.15, -0.1) is 0 Å². The molecule has 0 bridgehead atoms. The van der Waals surface area contributed by atoms with Gasteiger partial charge in [-0.25, -0.2) is 0 Å². The zero-order valence-electron chi connectivity index (χ0n) is 14.8. The molecule has 1 saturated carbocycles. The summed E-state index contributed by atoms with van der Waals surface area (Å²) in [5.41, 5.74) is 1.75. The summed E-state index contributed by atoms with van der Waals surface area (Å²) in [5, 5.41) is 9.16. The molecule has 1 amide bonds. The summed E-state index contributed by atoms with van der Waals surface area (Å²) in [6, 6.07) is 7.26. The Morgan fingerprint density at radius 1 is 1.32 bits per heavy atom. The third-order valence-corrected chi connectivity index (χ3v) is 5.36. The average molecular weight is 343 g/mol. The van der Waals surface area contributed by atoms with Gasteiger partial charge in [0, 0.05) is 18.7 Å². The van der Waals surface area contributed by atoms with Gasteiger partial charge in [-0.3, -0.25) is 9.59 Å². The number of carboxylic acids is 1. The van der Waals surface area contributed by atoms with Crippen LogP contribution in [0, 0.1) is 11.3 Å². The van der Waals surface area contributed by atoms with Crippen LogP contribution < -0.4 is 4.74 Å². The smallest absolute Gasteiger partial charge is 0.307 e. The quantitative estimate of drug-likeness (QED) is 0.833. The van der Waals surface area contributed by atoms with Gasteiger partial charge in [-0.2, -0.15) is 0 Å². The van der Waals surface area contributed by atoms with Crippen LogP contribution >= 0.6 is 0 Å². The number of aliphatic carboxylic acids is 1. The number of allylic oxidation sites excluding steroid dienone is 1. The average Bonchev–Trinajstić information content (AvgIpc) is 3.29.